The van der Waals surface area contributed by atoms with Crippen LogP contribution in [0.25, 0.3) is 0 Å². The van der Waals surface area contributed by atoms with Crippen LogP contribution in [-0.4, -0.2) is 60.1 Å². The van der Waals surface area contributed by atoms with Crippen molar-refractivity contribution in [2.75, 3.05) is 38.6 Å². The van der Waals surface area contributed by atoms with Crippen LogP contribution in [0.2, 0.25) is 0 Å². The second kappa shape index (κ2) is 9.72. The van der Waals surface area contributed by atoms with Crippen molar-refractivity contribution >= 4 is 45.5 Å². The number of methoxy groups -OCH3 is 1. The third-order valence-corrected chi connectivity index (χ3v) is 5.61. The van der Waals surface area contributed by atoms with E-state index in [1.807, 2.05) is 32.6 Å². The van der Waals surface area contributed by atoms with Gasteiger partial charge in [-0.05, 0) is 52.4 Å². The molecule has 1 heterocycles. The lowest BCUT2D eigenvalue weighted by molar-refractivity contribution is 0.0601. The molecule has 0 unspecified atom stereocenters. The summed E-state index contributed by atoms with van der Waals surface area (Å²) in [5, 5.41) is 4.20. The topological polar surface area (TPSA) is 61.9 Å². The highest BCUT2D eigenvalue weighted by molar-refractivity contribution is 7.80. The Kier molecular flexibility index (Phi) is 8.31. The first-order chi connectivity index (χ1) is 11.9. The van der Waals surface area contributed by atoms with Gasteiger partial charge < -0.3 is 19.9 Å². The molecule has 1 amide bonds. The number of carbonyl (C=O) groups excluding carboxylic acids is 2. The van der Waals surface area contributed by atoms with Gasteiger partial charge in [-0.3, -0.25) is 4.79 Å². The molecule has 0 bridgehead atoms. The van der Waals surface area contributed by atoms with E-state index in [1.54, 1.807) is 11.8 Å². The van der Waals surface area contributed by atoms with E-state index in [1.165, 1.54) is 18.4 Å². The standard InChI is InChI=1S/C17H27N3O3S2/c1-7-19(8-2)15(21)13-11(5)12(16(22)23-6)14(25-13)18-17(24)20(9-3)10-4/h7-10H2,1-6H3,(H,18,24). The number of rotatable bonds is 7. The summed E-state index contributed by atoms with van der Waals surface area (Å²) in [6.07, 6.45) is 0. The van der Waals surface area contributed by atoms with Gasteiger partial charge in [-0.2, -0.15) is 0 Å². The number of anilines is 1. The number of hydrogen-bond donors (Lipinski definition) is 1. The van der Waals surface area contributed by atoms with Gasteiger partial charge in [-0.15, -0.1) is 11.3 Å². The molecule has 25 heavy (non-hydrogen) atoms. The number of carbonyl (C=O) groups is 2. The summed E-state index contributed by atoms with van der Waals surface area (Å²) in [7, 11) is 1.33. The van der Waals surface area contributed by atoms with Crippen LogP contribution < -0.4 is 5.32 Å². The van der Waals surface area contributed by atoms with E-state index in [-0.39, 0.29) is 5.91 Å². The fraction of sp³-hybridized carbons (Fsp3) is 0.588. The van der Waals surface area contributed by atoms with Gasteiger partial charge in [0.2, 0.25) is 0 Å². The quantitative estimate of drug-likeness (QED) is 0.574. The monoisotopic (exact) mass is 385 g/mol. The molecule has 8 heteroatoms. The lowest BCUT2D eigenvalue weighted by Gasteiger charge is -2.22. The van der Waals surface area contributed by atoms with Crippen molar-refractivity contribution < 1.29 is 14.3 Å². The zero-order valence-electron chi connectivity index (χ0n) is 15.8. The summed E-state index contributed by atoms with van der Waals surface area (Å²) < 4.78 is 4.90. The van der Waals surface area contributed by atoms with Crippen molar-refractivity contribution in [1.29, 1.82) is 0 Å². The second-order valence-electron chi connectivity index (χ2n) is 5.33. The van der Waals surface area contributed by atoms with E-state index in [2.05, 4.69) is 5.32 Å². The maximum absolute atomic E-state index is 12.7. The van der Waals surface area contributed by atoms with Crippen molar-refractivity contribution in [3.8, 4) is 0 Å². The van der Waals surface area contributed by atoms with Crippen molar-refractivity contribution in [2.24, 2.45) is 0 Å². The average molecular weight is 386 g/mol. The molecule has 0 aliphatic rings. The minimum absolute atomic E-state index is 0.0838. The van der Waals surface area contributed by atoms with Crippen molar-refractivity contribution in [3.05, 3.63) is 16.0 Å². The van der Waals surface area contributed by atoms with Crippen molar-refractivity contribution in [1.82, 2.24) is 9.80 Å². The van der Waals surface area contributed by atoms with Gasteiger partial charge in [0.15, 0.2) is 5.11 Å². The number of thiocarbonyl (C=S) groups is 1. The van der Waals surface area contributed by atoms with Crippen molar-refractivity contribution in [3.63, 3.8) is 0 Å². The van der Waals surface area contributed by atoms with E-state index in [9.17, 15) is 9.59 Å². The first kappa shape index (κ1) is 21.4. The van der Waals surface area contributed by atoms with Crippen LogP contribution in [0.15, 0.2) is 0 Å². The fourth-order valence-electron chi connectivity index (χ4n) is 2.49. The molecule has 0 fully saturated rings. The summed E-state index contributed by atoms with van der Waals surface area (Å²) in [4.78, 5) is 29.2. The molecule has 0 aromatic carbocycles. The number of hydrogen-bond acceptors (Lipinski definition) is 5. The fourth-order valence-corrected chi connectivity index (χ4v) is 4.08. The molecule has 1 rings (SSSR count). The Labute approximate surface area is 159 Å². The van der Waals surface area contributed by atoms with Crippen molar-refractivity contribution in [2.45, 2.75) is 34.6 Å². The number of nitrogens with one attached hydrogen (secondary N) is 1. The molecule has 6 nitrogen and oxygen atoms in total. The van der Waals surface area contributed by atoms with Gasteiger partial charge >= 0.3 is 5.97 Å². The molecule has 1 N–H and O–H groups in total. The van der Waals surface area contributed by atoms with Crippen LogP contribution in [0.5, 0.6) is 0 Å². The molecule has 0 atom stereocenters. The zero-order valence-corrected chi connectivity index (χ0v) is 17.4. The third kappa shape index (κ3) is 4.70. The highest BCUT2D eigenvalue weighted by Crippen LogP contribution is 2.34. The normalized spacial score (nSPS) is 10.3. The Morgan fingerprint density at radius 3 is 2.04 bits per heavy atom. The molecule has 0 aliphatic carbocycles. The number of esters is 1. The van der Waals surface area contributed by atoms with Crippen LogP contribution in [0, 0.1) is 6.92 Å². The van der Waals surface area contributed by atoms with E-state index in [4.69, 9.17) is 17.0 Å². The summed E-state index contributed by atoms with van der Waals surface area (Å²) in [5.41, 5.74) is 0.996. The summed E-state index contributed by atoms with van der Waals surface area (Å²) in [5.74, 6) is -0.559. The number of ether oxygens (including phenoxy) is 1. The van der Waals surface area contributed by atoms with E-state index in [0.717, 1.165) is 13.1 Å². The molecule has 0 radical (unpaired) electrons. The number of thiophene rings is 1. The maximum atomic E-state index is 12.7. The Hall–Kier alpha value is -1.67. The average Bonchev–Trinajstić information content (AvgIpc) is 2.92. The lowest BCUT2D eigenvalue weighted by atomic mass is 10.1. The summed E-state index contributed by atoms with van der Waals surface area (Å²) in [6.45, 7) is 12.4. The van der Waals surface area contributed by atoms with Gasteiger partial charge in [0.25, 0.3) is 5.91 Å². The number of nitrogens with zero attached hydrogens (tertiary/aromatic N) is 2. The Balaban J connectivity index is 3.32. The Morgan fingerprint density at radius 1 is 1.08 bits per heavy atom. The third-order valence-electron chi connectivity index (χ3n) is 4.05. The Morgan fingerprint density at radius 2 is 1.60 bits per heavy atom. The molecular formula is C17H27N3O3S2. The van der Waals surface area contributed by atoms with Gasteiger partial charge in [-0.1, -0.05) is 0 Å². The predicted molar refractivity (Wildman–Crippen MR) is 107 cm³/mol. The van der Waals surface area contributed by atoms with Crippen LogP contribution in [0.3, 0.4) is 0 Å². The summed E-state index contributed by atoms with van der Waals surface area (Å²) in [6, 6.07) is 0. The largest absolute Gasteiger partial charge is 0.465 e. The van der Waals surface area contributed by atoms with Crippen LogP contribution >= 0.6 is 23.6 Å². The predicted octanol–water partition coefficient (Wildman–Crippen LogP) is 3.36. The molecule has 0 saturated heterocycles. The molecule has 0 aliphatic heterocycles. The second-order valence-corrected chi connectivity index (χ2v) is 6.74. The Bertz CT molecular complexity index is 635. The molecule has 1 aromatic heterocycles. The van der Waals surface area contributed by atoms with Gasteiger partial charge in [0.05, 0.1) is 17.6 Å². The lowest BCUT2D eigenvalue weighted by Crippen LogP contribution is -2.34. The molecular weight excluding hydrogens is 358 g/mol. The summed E-state index contributed by atoms with van der Waals surface area (Å²) >= 11 is 6.67. The minimum atomic E-state index is -0.475. The highest BCUT2D eigenvalue weighted by atomic mass is 32.1. The van der Waals surface area contributed by atoms with E-state index < -0.39 is 5.97 Å². The molecule has 140 valence electrons. The SMILES string of the molecule is CCN(CC)C(=O)c1sc(NC(=S)N(CC)CC)c(C(=O)OC)c1C. The molecule has 1 aromatic rings. The van der Waals surface area contributed by atoms with Gasteiger partial charge in [0.1, 0.15) is 5.00 Å². The minimum Gasteiger partial charge on any atom is -0.465 e. The zero-order chi connectivity index (χ0) is 19.1. The van der Waals surface area contributed by atoms with Crippen LogP contribution in [0.4, 0.5) is 5.00 Å². The first-order valence-electron chi connectivity index (χ1n) is 8.42. The maximum Gasteiger partial charge on any atom is 0.341 e. The number of amides is 1. The van der Waals surface area contributed by atoms with E-state index in [0.29, 0.717) is 39.2 Å². The van der Waals surface area contributed by atoms with Crippen LogP contribution in [0.1, 0.15) is 53.3 Å². The highest BCUT2D eigenvalue weighted by Gasteiger charge is 2.27. The molecule has 0 saturated carbocycles. The smallest absolute Gasteiger partial charge is 0.341 e. The molecule has 0 spiro atoms. The van der Waals surface area contributed by atoms with E-state index >= 15 is 0 Å². The first-order valence-corrected chi connectivity index (χ1v) is 9.65. The van der Waals surface area contributed by atoms with Gasteiger partial charge in [0, 0.05) is 26.2 Å². The van der Waals surface area contributed by atoms with Crippen LogP contribution in [-0.2, 0) is 4.74 Å². The van der Waals surface area contributed by atoms with Gasteiger partial charge in [-0.25, -0.2) is 4.79 Å².